The number of carbonyl (C=O) groups is 3. The number of amides is 2. The van der Waals surface area contributed by atoms with E-state index >= 15 is 0 Å². The number of fused-ring (bicyclic) bond motifs is 1. The normalized spacial score (nSPS) is 15.6. The summed E-state index contributed by atoms with van der Waals surface area (Å²) in [5.41, 5.74) is 1.64. The first-order valence-electron chi connectivity index (χ1n) is 9.76. The van der Waals surface area contributed by atoms with Gasteiger partial charge in [-0.3, -0.25) is 9.59 Å². The predicted octanol–water partition coefficient (Wildman–Crippen LogP) is 3.81. The van der Waals surface area contributed by atoms with E-state index < -0.39 is 17.3 Å². The Hall–Kier alpha value is -3.15. The van der Waals surface area contributed by atoms with Crippen LogP contribution in [0.25, 0.3) is 0 Å². The van der Waals surface area contributed by atoms with Crippen LogP contribution in [0.3, 0.4) is 0 Å². The van der Waals surface area contributed by atoms with Gasteiger partial charge < -0.3 is 15.0 Å². The van der Waals surface area contributed by atoms with Gasteiger partial charge in [0.05, 0.1) is 12.2 Å². The van der Waals surface area contributed by atoms with Gasteiger partial charge in [-0.2, -0.15) is 0 Å². The molecular formula is C23H26N2O4. The van der Waals surface area contributed by atoms with Crippen LogP contribution in [0.5, 0.6) is 0 Å². The molecule has 29 heavy (non-hydrogen) atoms. The largest absolute Gasteiger partial charge is 0.462 e. The Balaban J connectivity index is 1.75. The lowest BCUT2D eigenvalue weighted by Gasteiger charge is -2.31. The van der Waals surface area contributed by atoms with Gasteiger partial charge >= 0.3 is 5.97 Å². The lowest BCUT2D eigenvalue weighted by Crippen LogP contribution is -2.49. The molecule has 0 radical (unpaired) electrons. The van der Waals surface area contributed by atoms with Crippen molar-refractivity contribution in [3.8, 4) is 0 Å². The second-order valence-electron chi connectivity index (χ2n) is 7.73. The van der Waals surface area contributed by atoms with Gasteiger partial charge in [0.1, 0.15) is 5.41 Å². The number of benzene rings is 2. The van der Waals surface area contributed by atoms with Gasteiger partial charge in [-0.05, 0) is 70.0 Å². The van der Waals surface area contributed by atoms with Crippen LogP contribution in [0.1, 0.15) is 43.6 Å². The molecular weight excluding hydrogens is 368 g/mol. The Labute approximate surface area is 170 Å². The average Bonchev–Trinajstić information content (AvgIpc) is 3.03. The van der Waals surface area contributed by atoms with Crippen molar-refractivity contribution in [3.63, 3.8) is 0 Å². The van der Waals surface area contributed by atoms with E-state index in [1.54, 1.807) is 49.9 Å². The Morgan fingerprint density at radius 3 is 2.41 bits per heavy atom. The Bertz CT molecular complexity index is 934. The van der Waals surface area contributed by atoms with Crippen LogP contribution in [-0.2, 0) is 20.7 Å². The fourth-order valence-electron chi connectivity index (χ4n) is 3.46. The third-order valence-corrected chi connectivity index (χ3v) is 5.18. The molecule has 0 fully saturated rings. The molecule has 6 heteroatoms. The maximum atomic E-state index is 13.3. The number of ether oxygens (including phenoxy) is 1. The van der Waals surface area contributed by atoms with E-state index in [1.807, 2.05) is 31.2 Å². The standard InChI is InChI=1S/C23H26N2O4/c1-5-29-20(26)16-10-12-18(13-11-16)24-21(27)23(3,4)22(28)25-15(2)14-17-8-6-7-9-19(17)25/h6-13,15H,5,14H2,1-4H3,(H,24,27). The molecule has 1 aliphatic rings. The highest BCUT2D eigenvalue weighted by Gasteiger charge is 2.43. The van der Waals surface area contributed by atoms with Gasteiger partial charge in [0.2, 0.25) is 11.8 Å². The molecule has 1 N–H and O–H groups in total. The second-order valence-corrected chi connectivity index (χ2v) is 7.73. The summed E-state index contributed by atoms with van der Waals surface area (Å²) in [5.74, 6) is -1.05. The van der Waals surface area contributed by atoms with Crippen molar-refractivity contribution in [2.45, 2.75) is 40.2 Å². The number of nitrogens with zero attached hydrogens (tertiary/aromatic N) is 1. The molecule has 1 atom stereocenters. The smallest absolute Gasteiger partial charge is 0.338 e. The molecule has 2 aromatic rings. The molecule has 2 amide bonds. The second kappa shape index (κ2) is 8.07. The number of hydrogen-bond donors (Lipinski definition) is 1. The van der Waals surface area contributed by atoms with Gasteiger partial charge in [0.15, 0.2) is 0 Å². The van der Waals surface area contributed by atoms with Crippen molar-refractivity contribution in [3.05, 3.63) is 59.7 Å². The molecule has 3 rings (SSSR count). The molecule has 0 spiro atoms. The molecule has 152 valence electrons. The highest BCUT2D eigenvalue weighted by atomic mass is 16.5. The quantitative estimate of drug-likeness (QED) is 0.618. The summed E-state index contributed by atoms with van der Waals surface area (Å²) in [5, 5.41) is 2.78. The zero-order valence-electron chi connectivity index (χ0n) is 17.2. The number of nitrogens with one attached hydrogen (secondary N) is 1. The summed E-state index contributed by atoms with van der Waals surface area (Å²) in [7, 11) is 0. The van der Waals surface area contributed by atoms with E-state index in [0.29, 0.717) is 17.9 Å². The van der Waals surface area contributed by atoms with E-state index in [4.69, 9.17) is 4.74 Å². The van der Waals surface area contributed by atoms with Gasteiger partial charge in [-0.1, -0.05) is 18.2 Å². The third-order valence-electron chi connectivity index (χ3n) is 5.18. The molecule has 0 saturated heterocycles. The Morgan fingerprint density at radius 2 is 1.76 bits per heavy atom. The summed E-state index contributed by atoms with van der Waals surface area (Å²) in [6.07, 6.45) is 0.773. The van der Waals surface area contributed by atoms with Crippen LogP contribution in [0.15, 0.2) is 48.5 Å². The Morgan fingerprint density at radius 1 is 1.10 bits per heavy atom. The van der Waals surface area contributed by atoms with Crippen LogP contribution in [0.2, 0.25) is 0 Å². The fraction of sp³-hybridized carbons (Fsp3) is 0.348. The Kier molecular flexibility index (Phi) is 5.73. The highest BCUT2D eigenvalue weighted by molar-refractivity contribution is 6.15. The van der Waals surface area contributed by atoms with Crippen molar-refractivity contribution >= 4 is 29.2 Å². The molecule has 2 aromatic carbocycles. The maximum absolute atomic E-state index is 13.3. The van der Waals surface area contributed by atoms with E-state index in [2.05, 4.69) is 5.32 Å². The lowest BCUT2D eigenvalue weighted by atomic mass is 9.89. The van der Waals surface area contributed by atoms with Gasteiger partial charge in [-0.15, -0.1) is 0 Å². The summed E-state index contributed by atoms with van der Waals surface area (Å²) >= 11 is 0. The number of para-hydroxylation sites is 1. The topological polar surface area (TPSA) is 75.7 Å². The number of hydrogen-bond acceptors (Lipinski definition) is 4. The van der Waals surface area contributed by atoms with E-state index in [0.717, 1.165) is 17.7 Å². The van der Waals surface area contributed by atoms with Crippen molar-refractivity contribution in [2.24, 2.45) is 5.41 Å². The maximum Gasteiger partial charge on any atom is 0.338 e. The van der Waals surface area contributed by atoms with Crippen LogP contribution in [0, 0.1) is 5.41 Å². The highest BCUT2D eigenvalue weighted by Crippen LogP contribution is 2.35. The summed E-state index contributed by atoms with van der Waals surface area (Å²) < 4.78 is 4.95. The monoisotopic (exact) mass is 394 g/mol. The van der Waals surface area contributed by atoms with E-state index in [9.17, 15) is 14.4 Å². The average molecular weight is 394 g/mol. The van der Waals surface area contributed by atoms with Crippen molar-refractivity contribution in [1.82, 2.24) is 0 Å². The first-order chi connectivity index (χ1) is 13.8. The summed E-state index contributed by atoms with van der Waals surface area (Å²) in [6.45, 7) is 7.29. The number of rotatable bonds is 5. The molecule has 0 aliphatic carbocycles. The minimum absolute atomic E-state index is 0.00386. The zero-order valence-corrected chi connectivity index (χ0v) is 17.2. The molecule has 1 heterocycles. The van der Waals surface area contributed by atoms with Gasteiger partial charge in [0.25, 0.3) is 0 Å². The van der Waals surface area contributed by atoms with Crippen molar-refractivity contribution in [2.75, 3.05) is 16.8 Å². The van der Waals surface area contributed by atoms with Gasteiger partial charge in [0, 0.05) is 17.4 Å². The van der Waals surface area contributed by atoms with E-state index in [-0.39, 0.29) is 11.9 Å². The fourth-order valence-corrected chi connectivity index (χ4v) is 3.46. The number of anilines is 2. The van der Waals surface area contributed by atoms with Crippen molar-refractivity contribution in [1.29, 1.82) is 0 Å². The molecule has 0 bridgehead atoms. The first kappa shape index (κ1) is 20.6. The van der Waals surface area contributed by atoms with Gasteiger partial charge in [-0.25, -0.2) is 4.79 Å². The van der Waals surface area contributed by atoms with Crippen LogP contribution < -0.4 is 10.2 Å². The SMILES string of the molecule is CCOC(=O)c1ccc(NC(=O)C(C)(C)C(=O)N2c3ccccc3CC2C)cc1. The predicted molar refractivity (Wildman–Crippen MR) is 112 cm³/mol. The first-order valence-corrected chi connectivity index (χ1v) is 9.76. The number of esters is 1. The van der Waals surface area contributed by atoms with Crippen LogP contribution in [-0.4, -0.2) is 30.4 Å². The molecule has 0 aromatic heterocycles. The minimum atomic E-state index is -1.26. The summed E-state index contributed by atoms with van der Waals surface area (Å²) in [4.78, 5) is 39.7. The molecule has 1 aliphatic heterocycles. The molecule has 0 saturated carbocycles. The minimum Gasteiger partial charge on any atom is -0.462 e. The third kappa shape index (κ3) is 4.01. The summed E-state index contributed by atoms with van der Waals surface area (Å²) in [6, 6.07) is 14.2. The van der Waals surface area contributed by atoms with E-state index in [1.165, 1.54) is 0 Å². The zero-order chi connectivity index (χ0) is 21.2. The molecule has 6 nitrogen and oxygen atoms in total. The lowest BCUT2D eigenvalue weighted by molar-refractivity contribution is -0.136. The van der Waals surface area contributed by atoms with Crippen LogP contribution in [0.4, 0.5) is 11.4 Å². The molecule has 1 unspecified atom stereocenters. The number of carbonyl (C=O) groups excluding carboxylic acids is 3. The van der Waals surface area contributed by atoms with Crippen LogP contribution >= 0.6 is 0 Å². The van der Waals surface area contributed by atoms with Crippen molar-refractivity contribution < 1.29 is 19.1 Å².